The van der Waals surface area contributed by atoms with E-state index in [-0.39, 0.29) is 10.8 Å². The molecule has 0 aliphatic carbocycles. The van der Waals surface area contributed by atoms with Gasteiger partial charge in [-0.05, 0) is 55.3 Å². The molecular formula is C12H21BrN4S. The zero-order valence-corrected chi connectivity index (χ0v) is 13.5. The Labute approximate surface area is 121 Å². The summed E-state index contributed by atoms with van der Waals surface area (Å²) in [4.78, 5) is 0. The zero-order chi connectivity index (χ0) is 13.3. The quantitative estimate of drug-likeness (QED) is 0.657. The minimum absolute atomic E-state index is 0.115. The summed E-state index contributed by atoms with van der Waals surface area (Å²) < 4.78 is 3.23. The summed E-state index contributed by atoms with van der Waals surface area (Å²) in [7, 11) is 0. The van der Waals surface area contributed by atoms with Crippen molar-refractivity contribution in [1.82, 2.24) is 15.2 Å². The number of halogens is 1. The summed E-state index contributed by atoms with van der Waals surface area (Å²) >= 11 is 5.61. The Bertz CT molecular complexity index is 412. The van der Waals surface area contributed by atoms with E-state index in [2.05, 4.69) is 51.9 Å². The molecule has 102 valence electrons. The SMILES string of the molecule is CC(C)n1ncc(Br)c1C(NN)C1(C)CCCS1. The first-order chi connectivity index (χ1) is 8.49. The predicted octanol–water partition coefficient (Wildman–Crippen LogP) is 3.02. The van der Waals surface area contributed by atoms with Crippen molar-refractivity contribution >= 4 is 27.7 Å². The van der Waals surface area contributed by atoms with E-state index in [0.717, 1.165) is 10.2 Å². The lowest BCUT2D eigenvalue weighted by Gasteiger charge is -2.34. The Hall–Kier alpha value is -0.0400. The van der Waals surface area contributed by atoms with Crippen molar-refractivity contribution in [3.63, 3.8) is 0 Å². The minimum Gasteiger partial charge on any atom is -0.271 e. The Balaban J connectivity index is 2.41. The fourth-order valence-electron chi connectivity index (χ4n) is 2.61. The Morgan fingerprint density at radius 1 is 1.61 bits per heavy atom. The third-order valence-corrected chi connectivity index (χ3v) is 5.78. The molecule has 1 aromatic heterocycles. The molecule has 1 aliphatic rings. The van der Waals surface area contributed by atoms with Crippen molar-refractivity contribution in [1.29, 1.82) is 0 Å². The highest BCUT2D eigenvalue weighted by molar-refractivity contribution is 9.10. The Kier molecular flexibility index (Phi) is 4.41. The summed E-state index contributed by atoms with van der Waals surface area (Å²) in [5.41, 5.74) is 4.17. The normalized spacial score (nSPS) is 25.9. The molecule has 3 N–H and O–H groups in total. The first kappa shape index (κ1) is 14.4. The number of hydrogen-bond acceptors (Lipinski definition) is 4. The molecular weight excluding hydrogens is 312 g/mol. The molecule has 1 fully saturated rings. The fourth-order valence-corrected chi connectivity index (χ4v) is 4.50. The van der Waals surface area contributed by atoms with Gasteiger partial charge in [0.2, 0.25) is 0 Å². The maximum Gasteiger partial charge on any atom is 0.0784 e. The summed E-state index contributed by atoms with van der Waals surface area (Å²) in [5.74, 6) is 7.05. The number of nitrogens with two attached hydrogens (primary N) is 1. The van der Waals surface area contributed by atoms with Gasteiger partial charge in [0.05, 0.1) is 22.4 Å². The van der Waals surface area contributed by atoms with Gasteiger partial charge in [-0.25, -0.2) is 5.43 Å². The number of hydrogen-bond donors (Lipinski definition) is 2. The largest absolute Gasteiger partial charge is 0.271 e. The first-order valence-corrected chi connectivity index (χ1v) is 8.10. The molecule has 0 spiro atoms. The number of nitrogens with zero attached hydrogens (tertiary/aromatic N) is 2. The van der Waals surface area contributed by atoms with Crippen LogP contribution in [-0.4, -0.2) is 20.3 Å². The predicted molar refractivity (Wildman–Crippen MR) is 80.5 cm³/mol. The van der Waals surface area contributed by atoms with Crippen molar-refractivity contribution in [2.24, 2.45) is 5.84 Å². The second-order valence-electron chi connectivity index (χ2n) is 5.28. The van der Waals surface area contributed by atoms with E-state index in [1.165, 1.54) is 18.6 Å². The van der Waals surface area contributed by atoms with E-state index >= 15 is 0 Å². The standard InChI is InChI=1S/C12H21BrN4S/c1-8(2)17-10(9(13)7-15-17)11(16-14)12(3)5-4-6-18-12/h7-8,11,16H,4-6,14H2,1-3H3. The molecule has 0 aromatic carbocycles. The lowest BCUT2D eigenvalue weighted by molar-refractivity contribution is 0.377. The van der Waals surface area contributed by atoms with Crippen molar-refractivity contribution < 1.29 is 0 Å². The lowest BCUT2D eigenvalue weighted by Crippen LogP contribution is -2.42. The molecule has 0 radical (unpaired) electrons. The van der Waals surface area contributed by atoms with E-state index in [0.29, 0.717) is 6.04 Å². The molecule has 2 rings (SSSR count). The first-order valence-electron chi connectivity index (χ1n) is 6.32. The highest BCUT2D eigenvalue weighted by atomic mass is 79.9. The third-order valence-electron chi connectivity index (χ3n) is 3.58. The van der Waals surface area contributed by atoms with Crippen LogP contribution in [0, 0.1) is 0 Å². The maximum absolute atomic E-state index is 5.84. The molecule has 0 bridgehead atoms. The van der Waals surface area contributed by atoms with Crippen LogP contribution in [0.3, 0.4) is 0 Å². The number of nitrogens with one attached hydrogen (secondary N) is 1. The van der Waals surface area contributed by atoms with Gasteiger partial charge >= 0.3 is 0 Å². The van der Waals surface area contributed by atoms with Crippen LogP contribution in [-0.2, 0) is 0 Å². The van der Waals surface area contributed by atoms with E-state index in [9.17, 15) is 0 Å². The molecule has 18 heavy (non-hydrogen) atoms. The average molecular weight is 333 g/mol. The summed E-state index contributed by atoms with van der Waals surface area (Å²) in [5, 5.41) is 4.45. The second-order valence-corrected chi connectivity index (χ2v) is 7.76. The van der Waals surface area contributed by atoms with E-state index < -0.39 is 0 Å². The highest BCUT2D eigenvalue weighted by Crippen LogP contribution is 2.47. The molecule has 2 heterocycles. The number of rotatable bonds is 4. The minimum atomic E-state index is 0.115. The van der Waals surface area contributed by atoms with Gasteiger partial charge in [0, 0.05) is 10.8 Å². The number of hydrazine groups is 1. The van der Waals surface area contributed by atoms with Gasteiger partial charge in [-0.1, -0.05) is 0 Å². The molecule has 0 saturated carbocycles. The summed E-state index contributed by atoms with van der Waals surface area (Å²) in [6, 6.07) is 0.446. The van der Waals surface area contributed by atoms with E-state index in [4.69, 9.17) is 5.84 Å². The van der Waals surface area contributed by atoms with E-state index in [1.54, 1.807) is 0 Å². The molecule has 2 atom stereocenters. The third kappa shape index (κ3) is 2.48. The number of aromatic nitrogens is 2. The van der Waals surface area contributed by atoms with Crippen molar-refractivity contribution in [3.05, 3.63) is 16.4 Å². The van der Waals surface area contributed by atoms with Gasteiger partial charge in [-0.3, -0.25) is 10.5 Å². The van der Waals surface area contributed by atoms with Crippen LogP contribution >= 0.6 is 27.7 Å². The summed E-state index contributed by atoms with van der Waals surface area (Å²) in [6.45, 7) is 6.57. The highest BCUT2D eigenvalue weighted by Gasteiger charge is 2.41. The van der Waals surface area contributed by atoms with Crippen LogP contribution in [0.1, 0.15) is 51.4 Å². The average Bonchev–Trinajstić information content (AvgIpc) is 2.89. The Morgan fingerprint density at radius 2 is 2.33 bits per heavy atom. The molecule has 1 aromatic rings. The van der Waals surface area contributed by atoms with Gasteiger partial charge in [0.1, 0.15) is 0 Å². The van der Waals surface area contributed by atoms with Gasteiger partial charge in [-0.2, -0.15) is 16.9 Å². The monoisotopic (exact) mass is 332 g/mol. The van der Waals surface area contributed by atoms with Crippen LogP contribution in [0.25, 0.3) is 0 Å². The van der Waals surface area contributed by atoms with Gasteiger partial charge in [0.25, 0.3) is 0 Å². The second kappa shape index (κ2) is 5.53. The van der Waals surface area contributed by atoms with Crippen molar-refractivity contribution in [3.8, 4) is 0 Å². The molecule has 1 aliphatic heterocycles. The molecule has 2 unspecified atom stereocenters. The fraction of sp³-hybridized carbons (Fsp3) is 0.750. The van der Waals surface area contributed by atoms with Gasteiger partial charge < -0.3 is 0 Å². The molecule has 6 heteroatoms. The zero-order valence-electron chi connectivity index (χ0n) is 11.1. The van der Waals surface area contributed by atoms with Crippen LogP contribution in [0.2, 0.25) is 0 Å². The van der Waals surface area contributed by atoms with Crippen LogP contribution in [0.15, 0.2) is 10.7 Å². The van der Waals surface area contributed by atoms with Crippen LogP contribution < -0.4 is 11.3 Å². The summed E-state index contributed by atoms with van der Waals surface area (Å²) in [6.07, 6.45) is 4.30. The molecule has 4 nitrogen and oxygen atoms in total. The Morgan fingerprint density at radius 3 is 2.83 bits per heavy atom. The van der Waals surface area contributed by atoms with Gasteiger partial charge in [-0.15, -0.1) is 0 Å². The molecule has 1 saturated heterocycles. The van der Waals surface area contributed by atoms with E-state index in [1.807, 2.05) is 18.0 Å². The van der Waals surface area contributed by atoms with Gasteiger partial charge in [0.15, 0.2) is 0 Å². The van der Waals surface area contributed by atoms with Crippen LogP contribution in [0.4, 0.5) is 0 Å². The van der Waals surface area contributed by atoms with Crippen molar-refractivity contribution in [2.45, 2.75) is 50.4 Å². The van der Waals surface area contributed by atoms with Crippen molar-refractivity contribution in [2.75, 3.05) is 5.75 Å². The molecule has 0 amide bonds. The number of thioether (sulfide) groups is 1. The lowest BCUT2D eigenvalue weighted by atomic mass is 9.94. The maximum atomic E-state index is 5.84. The van der Waals surface area contributed by atoms with Crippen LogP contribution in [0.5, 0.6) is 0 Å². The smallest absolute Gasteiger partial charge is 0.0784 e. The topological polar surface area (TPSA) is 55.9 Å².